The van der Waals surface area contributed by atoms with E-state index in [9.17, 15) is 4.79 Å². The van der Waals surface area contributed by atoms with Crippen molar-refractivity contribution in [2.75, 3.05) is 18.4 Å². The van der Waals surface area contributed by atoms with Crippen molar-refractivity contribution in [1.29, 1.82) is 0 Å². The lowest BCUT2D eigenvalue weighted by Gasteiger charge is -2.14. The topological polar surface area (TPSA) is 58.4 Å². The molecule has 0 bridgehead atoms. The van der Waals surface area contributed by atoms with Gasteiger partial charge in [-0.05, 0) is 49.2 Å². The third kappa shape index (κ3) is 3.99. The minimum Gasteiger partial charge on any atom is -0.381 e. The van der Waals surface area contributed by atoms with Crippen molar-refractivity contribution < 1.29 is 0 Å². The molecular formula is C21H25ClN4O. The summed E-state index contributed by atoms with van der Waals surface area (Å²) >= 11 is 0. The number of halogens is 1. The molecule has 2 aromatic heterocycles. The number of benzene rings is 1. The summed E-state index contributed by atoms with van der Waals surface area (Å²) in [7, 11) is 0. The van der Waals surface area contributed by atoms with Crippen LogP contribution in [-0.4, -0.2) is 28.5 Å². The number of aryl methyl sites for hydroxylation is 1. The molecule has 1 atom stereocenters. The first-order valence-corrected chi connectivity index (χ1v) is 9.34. The summed E-state index contributed by atoms with van der Waals surface area (Å²) in [6.07, 6.45) is 4.67. The van der Waals surface area contributed by atoms with Crippen LogP contribution in [0.4, 0.5) is 5.69 Å². The Kier molecular flexibility index (Phi) is 6.14. The van der Waals surface area contributed by atoms with Crippen LogP contribution in [0.3, 0.4) is 0 Å². The molecule has 1 saturated heterocycles. The summed E-state index contributed by atoms with van der Waals surface area (Å²) in [5.74, 6) is 0. The first-order valence-electron chi connectivity index (χ1n) is 9.34. The van der Waals surface area contributed by atoms with E-state index in [0.717, 1.165) is 49.3 Å². The van der Waals surface area contributed by atoms with E-state index >= 15 is 0 Å². The van der Waals surface area contributed by atoms with Crippen molar-refractivity contribution in [2.45, 2.75) is 32.2 Å². The summed E-state index contributed by atoms with van der Waals surface area (Å²) in [4.78, 5) is 17.8. The van der Waals surface area contributed by atoms with Gasteiger partial charge < -0.3 is 10.6 Å². The van der Waals surface area contributed by atoms with E-state index in [-0.39, 0.29) is 18.0 Å². The second-order valence-electron chi connectivity index (χ2n) is 6.83. The van der Waals surface area contributed by atoms with Crippen LogP contribution in [0.15, 0.2) is 53.5 Å². The molecule has 1 aliphatic heterocycles. The van der Waals surface area contributed by atoms with Gasteiger partial charge in [-0.3, -0.25) is 9.20 Å². The fourth-order valence-electron chi connectivity index (χ4n) is 3.59. The number of hydrogen-bond acceptors (Lipinski definition) is 4. The quantitative estimate of drug-likeness (QED) is 0.706. The molecule has 3 heterocycles. The predicted octanol–water partition coefficient (Wildman–Crippen LogP) is 3.51. The van der Waals surface area contributed by atoms with E-state index in [2.05, 4.69) is 29.7 Å². The molecule has 3 aromatic rings. The average Bonchev–Trinajstić information content (AvgIpc) is 3.16. The fourth-order valence-corrected chi connectivity index (χ4v) is 3.59. The standard InChI is InChI=1S/C21H24N4O.ClH/c1-2-5-18-20(21(26)25-13-4-3-6-19(25)24-18)15-7-9-16(10-8-15)23-17-11-12-22-14-17;/h3-4,6-10,13,17,22-23H,2,5,11-12,14H2,1H3;1H. The SMILES string of the molecule is CCCc1nc2ccccn2c(=O)c1-c1ccc(NC2CCNC2)cc1.Cl. The minimum absolute atomic E-state index is 0. The highest BCUT2D eigenvalue weighted by Gasteiger charge is 2.16. The lowest BCUT2D eigenvalue weighted by atomic mass is 10.0. The minimum atomic E-state index is -0.000230. The lowest BCUT2D eigenvalue weighted by Crippen LogP contribution is -2.22. The molecule has 6 heteroatoms. The molecule has 0 radical (unpaired) electrons. The summed E-state index contributed by atoms with van der Waals surface area (Å²) in [6, 6.07) is 14.3. The summed E-state index contributed by atoms with van der Waals surface area (Å²) in [5.41, 5.74) is 4.32. The van der Waals surface area contributed by atoms with Gasteiger partial charge in [0.05, 0.1) is 11.3 Å². The Morgan fingerprint density at radius 2 is 2.04 bits per heavy atom. The number of anilines is 1. The molecule has 1 fully saturated rings. The largest absolute Gasteiger partial charge is 0.381 e. The number of fused-ring (bicyclic) bond motifs is 1. The second kappa shape index (κ2) is 8.55. The lowest BCUT2D eigenvalue weighted by molar-refractivity contribution is 0.793. The van der Waals surface area contributed by atoms with E-state index in [4.69, 9.17) is 4.98 Å². The maximum absolute atomic E-state index is 13.1. The number of hydrogen-bond donors (Lipinski definition) is 2. The van der Waals surface area contributed by atoms with E-state index in [1.807, 2.05) is 30.3 Å². The van der Waals surface area contributed by atoms with Crippen LogP contribution in [0.25, 0.3) is 16.8 Å². The molecule has 0 saturated carbocycles. The maximum Gasteiger partial charge on any atom is 0.265 e. The Labute approximate surface area is 165 Å². The van der Waals surface area contributed by atoms with Crippen LogP contribution in [0, 0.1) is 0 Å². The van der Waals surface area contributed by atoms with Crippen LogP contribution in [0.5, 0.6) is 0 Å². The molecule has 1 aromatic carbocycles. The molecule has 1 aliphatic rings. The molecule has 0 amide bonds. The highest BCUT2D eigenvalue weighted by atomic mass is 35.5. The van der Waals surface area contributed by atoms with Gasteiger partial charge in [0.2, 0.25) is 0 Å². The average molecular weight is 385 g/mol. The highest BCUT2D eigenvalue weighted by molar-refractivity contribution is 5.85. The summed E-state index contributed by atoms with van der Waals surface area (Å²) in [6.45, 7) is 4.18. The molecule has 4 rings (SSSR count). The van der Waals surface area contributed by atoms with Crippen molar-refractivity contribution in [3.8, 4) is 11.1 Å². The van der Waals surface area contributed by atoms with Gasteiger partial charge in [-0.15, -0.1) is 12.4 Å². The van der Waals surface area contributed by atoms with Crippen LogP contribution in [0.2, 0.25) is 0 Å². The number of pyridine rings is 1. The van der Waals surface area contributed by atoms with Crippen LogP contribution < -0.4 is 16.2 Å². The van der Waals surface area contributed by atoms with Crippen molar-refractivity contribution in [2.24, 2.45) is 0 Å². The predicted molar refractivity (Wildman–Crippen MR) is 113 cm³/mol. The maximum atomic E-state index is 13.1. The van der Waals surface area contributed by atoms with Gasteiger partial charge in [0.25, 0.3) is 5.56 Å². The molecule has 0 spiro atoms. The molecule has 142 valence electrons. The Morgan fingerprint density at radius 3 is 2.74 bits per heavy atom. The smallest absolute Gasteiger partial charge is 0.265 e. The molecule has 27 heavy (non-hydrogen) atoms. The van der Waals surface area contributed by atoms with Gasteiger partial charge in [0, 0.05) is 24.5 Å². The molecule has 2 N–H and O–H groups in total. The Morgan fingerprint density at radius 1 is 1.22 bits per heavy atom. The first kappa shape index (κ1) is 19.4. The van der Waals surface area contributed by atoms with E-state index in [1.165, 1.54) is 0 Å². The van der Waals surface area contributed by atoms with E-state index in [0.29, 0.717) is 17.3 Å². The summed E-state index contributed by atoms with van der Waals surface area (Å²) in [5, 5.41) is 6.90. The van der Waals surface area contributed by atoms with Crippen LogP contribution in [-0.2, 0) is 6.42 Å². The van der Waals surface area contributed by atoms with Crippen LogP contribution in [0.1, 0.15) is 25.5 Å². The van der Waals surface area contributed by atoms with Crippen molar-refractivity contribution >= 4 is 23.7 Å². The van der Waals surface area contributed by atoms with Gasteiger partial charge in [-0.2, -0.15) is 0 Å². The number of nitrogens with one attached hydrogen (secondary N) is 2. The Hall–Kier alpha value is -2.37. The van der Waals surface area contributed by atoms with E-state index in [1.54, 1.807) is 10.6 Å². The molecule has 0 aliphatic carbocycles. The van der Waals surface area contributed by atoms with Gasteiger partial charge >= 0.3 is 0 Å². The van der Waals surface area contributed by atoms with Crippen molar-refractivity contribution in [3.63, 3.8) is 0 Å². The van der Waals surface area contributed by atoms with Gasteiger partial charge in [-0.1, -0.05) is 31.5 Å². The Balaban J connectivity index is 0.00000210. The molecule has 5 nitrogen and oxygen atoms in total. The third-order valence-electron chi connectivity index (χ3n) is 4.90. The van der Waals surface area contributed by atoms with Crippen molar-refractivity contribution in [1.82, 2.24) is 14.7 Å². The zero-order valence-electron chi connectivity index (χ0n) is 15.4. The molecular weight excluding hydrogens is 360 g/mol. The first-order chi connectivity index (χ1) is 12.8. The zero-order chi connectivity index (χ0) is 17.9. The van der Waals surface area contributed by atoms with Crippen molar-refractivity contribution in [3.05, 3.63) is 64.7 Å². The fraction of sp³-hybridized carbons (Fsp3) is 0.333. The van der Waals surface area contributed by atoms with Gasteiger partial charge in [-0.25, -0.2) is 4.98 Å². The molecule has 1 unspecified atom stereocenters. The number of rotatable bonds is 5. The second-order valence-corrected chi connectivity index (χ2v) is 6.83. The van der Waals surface area contributed by atoms with Gasteiger partial charge in [0.15, 0.2) is 0 Å². The number of nitrogens with zero attached hydrogens (tertiary/aromatic N) is 2. The van der Waals surface area contributed by atoms with Crippen LogP contribution >= 0.6 is 12.4 Å². The number of aromatic nitrogens is 2. The monoisotopic (exact) mass is 384 g/mol. The normalized spacial score (nSPS) is 16.3. The Bertz CT molecular complexity index is 962. The van der Waals surface area contributed by atoms with E-state index < -0.39 is 0 Å². The zero-order valence-corrected chi connectivity index (χ0v) is 16.3. The third-order valence-corrected chi connectivity index (χ3v) is 4.90. The highest BCUT2D eigenvalue weighted by Crippen LogP contribution is 2.23. The summed E-state index contributed by atoms with van der Waals surface area (Å²) < 4.78 is 1.63. The van der Waals surface area contributed by atoms with Gasteiger partial charge in [0.1, 0.15) is 5.65 Å².